The van der Waals surface area contributed by atoms with Crippen LogP contribution in [0.15, 0.2) is 67.0 Å². The number of hydrogen-bond acceptors (Lipinski definition) is 7. The van der Waals surface area contributed by atoms with E-state index in [1.807, 2.05) is 65.2 Å². The molecule has 1 aliphatic heterocycles. The van der Waals surface area contributed by atoms with Crippen LogP contribution in [-0.2, 0) is 0 Å². The van der Waals surface area contributed by atoms with E-state index in [9.17, 15) is 5.11 Å². The van der Waals surface area contributed by atoms with Gasteiger partial charge in [0, 0.05) is 12.2 Å². The highest BCUT2D eigenvalue weighted by Gasteiger charge is 2.27. The first-order valence-electron chi connectivity index (χ1n) is 10.9. The zero-order chi connectivity index (χ0) is 21.8. The van der Waals surface area contributed by atoms with Crippen LogP contribution in [0.2, 0.25) is 0 Å². The predicted molar refractivity (Wildman–Crippen MR) is 125 cm³/mol. The zero-order valence-electron chi connectivity index (χ0n) is 17.8. The average Bonchev–Trinajstić information content (AvgIpc) is 3.50. The summed E-state index contributed by atoms with van der Waals surface area (Å²) in [7, 11) is 0. The summed E-state index contributed by atoms with van der Waals surface area (Å²) in [6.07, 6.45) is 3.72. The van der Waals surface area contributed by atoms with Gasteiger partial charge in [-0.05, 0) is 37.1 Å². The molecule has 1 unspecified atom stereocenters. The van der Waals surface area contributed by atoms with E-state index in [0.29, 0.717) is 30.4 Å². The van der Waals surface area contributed by atoms with Crippen molar-refractivity contribution in [2.45, 2.75) is 18.9 Å². The third-order valence-corrected chi connectivity index (χ3v) is 5.67. The highest BCUT2D eigenvalue weighted by molar-refractivity contribution is 5.85. The molecule has 2 N–H and O–H groups in total. The fourth-order valence-corrected chi connectivity index (χ4v) is 4.06. The predicted octanol–water partition coefficient (Wildman–Crippen LogP) is 3.27. The lowest BCUT2D eigenvalue weighted by Gasteiger charge is -2.23. The van der Waals surface area contributed by atoms with Gasteiger partial charge in [0.15, 0.2) is 17.0 Å². The average molecular weight is 431 g/mol. The third-order valence-electron chi connectivity index (χ3n) is 5.67. The number of para-hydroxylation sites is 2. The van der Waals surface area contributed by atoms with Crippen molar-refractivity contribution < 1.29 is 9.84 Å². The molecule has 0 aliphatic carbocycles. The summed E-state index contributed by atoms with van der Waals surface area (Å²) >= 11 is 0. The van der Waals surface area contributed by atoms with E-state index < -0.39 is 0 Å². The highest BCUT2D eigenvalue weighted by atomic mass is 16.5. The van der Waals surface area contributed by atoms with Crippen molar-refractivity contribution in [2.24, 2.45) is 0 Å². The van der Waals surface area contributed by atoms with Crippen molar-refractivity contribution in [3.63, 3.8) is 0 Å². The van der Waals surface area contributed by atoms with Gasteiger partial charge in [-0.25, -0.2) is 4.98 Å². The van der Waals surface area contributed by atoms with E-state index in [-0.39, 0.29) is 12.6 Å². The molecule has 8 heteroatoms. The third kappa shape index (κ3) is 4.09. The van der Waals surface area contributed by atoms with Gasteiger partial charge in [0.25, 0.3) is 0 Å². The Morgan fingerprint density at radius 3 is 2.59 bits per heavy atom. The number of hydrogen-bond donors (Lipinski definition) is 2. The van der Waals surface area contributed by atoms with Gasteiger partial charge in [-0.2, -0.15) is 9.97 Å². The fourth-order valence-electron chi connectivity index (χ4n) is 4.06. The van der Waals surface area contributed by atoms with Crippen molar-refractivity contribution in [1.29, 1.82) is 0 Å². The standard InChI is InChI=1S/C24H26N6O2/c31-16-19-10-7-14-29(19)24-27-22(25-13-15-32-20-11-5-2-6-12-20)21-23(28-24)30(17-26-21)18-8-3-1-4-9-18/h1-6,8-9,11-12,17,19,31H,7,10,13-16H2,(H,25,27,28). The van der Waals surface area contributed by atoms with Gasteiger partial charge >= 0.3 is 0 Å². The van der Waals surface area contributed by atoms with Crippen LogP contribution in [0.3, 0.4) is 0 Å². The first-order valence-corrected chi connectivity index (χ1v) is 10.9. The molecule has 4 aromatic rings. The lowest BCUT2D eigenvalue weighted by molar-refractivity contribution is 0.265. The molecule has 32 heavy (non-hydrogen) atoms. The monoisotopic (exact) mass is 430 g/mol. The van der Waals surface area contributed by atoms with Gasteiger partial charge in [0.05, 0.1) is 19.2 Å². The Hall–Kier alpha value is -3.65. The molecule has 1 saturated heterocycles. The van der Waals surface area contributed by atoms with Gasteiger partial charge in [-0.1, -0.05) is 36.4 Å². The number of ether oxygens (including phenoxy) is 1. The fraction of sp³-hybridized carbons (Fsp3) is 0.292. The van der Waals surface area contributed by atoms with Gasteiger partial charge in [0.2, 0.25) is 5.95 Å². The summed E-state index contributed by atoms with van der Waals surface area (Å²) in [5, 5.41) is 13.2. The lowest BCUT2D eigenvalue weighted by atomic mass is 10.2. The molecule has 0 amide bonds. The van der Waals surface area contributed by atoms with Crippen LogP contribution in [0.1, 0.15) is 12.8 Å². The van der Waals surface area contributed by atoms with Gasteiger partial charge in [-0.3, -0.25) is 4.57 Å². The molecule has 5 rings (SSSR count). The van der Waals surface area contributed by atoms with E-state index in [2.05, 4.69) is 15.2 Å². The molecule has 1 fully saturated rings. The molecular formula is C24H26N6O2. The molecule has 2 aromatic carbocycles. The maximum atomic E-state index is 9.81. The Morgan fingerprint density at radius 1 is 1.03 bits per heavy atom. The van der Waals surface area contributed by atoms with Crippen molar-refractivity contribution in [1.82, 2.24) is 19.5 Å². The molecule has 164 valence electrons. The summed E-state index contributed by atoms with van der Waals surface area (Å²) in [5.74, 6) is 2.11. The zero-order valence-corrected chi connectivity index (χ0v) is 17.8. The SMILES string of the molecule is OCC1CCCN1c1nc(NCCOc2ccccc2)c2ncn(-c3ccccc3)c2n1. The number of nitrogens with zero attached hydrogens (tertiary/aromatic N) is 5. The first kappa shape index (κ1) is 20.3. The van der Waals surface area contributed by atoms with Crippen LogP contribution >= 0.6 is 0 Å². The van der Waals surface area contributed by atoms with Crippen molar-refractivity contribution >= 4 is 22.9 Å². The van der Waals surface area contributed by atoms with Crippen molar-refractivity contribution in [3.05, 3.63) is 67.0 Å². The van der Waals surface area contributed by atoms with Crippen LogP contribution < -0.4 is 15.0 Å². The summed E-state index contributed by atoms with van der Waals surface area (Å²) < 4.78 is 7.77. The number of aromatic nitrogens is 4. The molecule has 0 bridgehead atoms. The summed E-state index contributed by atoms with van der Waals surface area (Å²) in [6, 6.07) is 19.8. The van der Waals surface area contributed by atoms with E-state index in [1.54, 1.807) is 6.33 Å². The summed E-state index contributed by atoms with van der Waals surface area (Å²) in [4.78, 5) is 16.4. The van der Waals surface area contributed by atoms with Crippen LogP contribution in [0.4, 0.5) is 11.8 Å². The number of anilines is 2. The van der Waals surface area contributed by atoms with Crippen LogP contribution in [0.25, 0.3) is 16.9 Å². The Labute approximate surface area is 186 Å². The van der Waals surface area contributed by atoms with Crippen LogP contribution in [-0.4, -0.2) is 57.0 Å². The number of nitrogens with one attached hydrogen (secondary N) is 1. The van der Waals surface area contributed by atoms with E-state index >= 15 is 0 Å². The largest absolute Gasteiger partial charge is 0.492 e. The number of aliphatic hydroxyl groups is 1. The highest BCUT2D eigenvalue weighted by Crippen LogP contribution is 2.28. The lowest BCUT2D eigenvalue weighted by Crippen LogP contribution is -2.33. The molecule has 3 heterocycles. The van der Waals surface area contributed by atoms with Gasteiger partial charge < -0.3 is 20.1 Å². The van der Waals surface area contributed by atoms with Crippen LogP contribution in [0, 0.1) is 0 Å². The molecule has 2 aromatic heterocycles. The normalized spacial score (nSPS) is 15.9. The topological polar surface area (TPSA) is 88.3 Å². The van der Waals surface area contributed by atoms with E-state index in [1.165, 1.54) is 0 Å². The van der Waals surface area contributed by atoms with E-state index in [0.717, 1.165) is 36.5 Å². The number of aliphatic hydroxyl groups excluding tert-OH is 1. The molecule has 0 radical (unpaired) electrons. The smallest absolute Gasteiger partial charge is 0.229 e. The molecule has 1 aliphatic rings. The first-order chi connectivity index (χ1) is 15.8. The molecule has 8 nitrogen and oxygen atoms in total. The second-order valence-corrected chi connectivity index (χ2v) is 7.75. The quantitative estimate of drug-likeness (QED) is 0.415. The molecular weight excluding hydrogens is 404 g/mol. The van der Waals surface area contributed by atoms with E-state index in [4.69, 9.17) is 14.7 Å². The number of benzene rings is 2. The molecule has 0 spiro atoms. The minimum absolute atomic E-state index is 0.0369. The Morgan fingerprint density at radius 2 is 1.81 bits per heavy atom. The minimum Gasteiger partial charge on any atom is -0.492 e. The number of fused-ring (bicyclic) bond motifs is 1. The van der Waals surface area contributed by atoms with Crippen molar-refractivity contribution in [3.8, 4) is 11.4 Å². The second-order valence-electron chi connectivity index (χ2n) is 7.75. The maximum absolute atomic E-state index is 9.81. The second kappa shape index (κ2) is 9.23. The van der Waals surface area contributed by atoms with Crippen LogP contribution in [0.5, 0.6) is 5.75 Å². The number of imidazole rings is 1. The molecule has 0 saturated carbocycles. The Balaban J connectivity index is 1.45. The Bertz CT molecular complexity index is 1170. The summed E-state index contributed by atoms with van der Waals surface area (Å²) in [5.41, 5.74) is 2.42. The summed E-state index contributed by atoms with van der Waals surface area (Å²) in [6.45, 7) is 1.98. The number of rotatable bonds is 8. The van der Waals surface area contributed by atoms with Gasteiger partial charge in [-0.15, -0.1) is 0 Å². The minimum atomic E-state index is 0.0369. The molecule has 1 atom stereocenters. The van der Waals surface area contributed by atoms with Crippen molar-refractivity contribution in [2.75, 3.05) is 36.5 Å². The van der Waals surface area contributed by atoms with Gasteiger partial charge in [0.1, 0.15) is 18.7 Å². The maximum Gasteiger partial charge on any atom is 0.229 e. The Kier molecular flexibility index (Phi) is 5.85.